The highest BCUT2D eigenvalue weighted by atomic mass is 32.1. The molecule has 0 saturated carbocycles. The summed E-state index contributed by atoms with van der Waals surface area (Å²) in [4.78, 5) is 3.98. The summed E-state index contributed by atoms with van der Waals surface area (Å²) in [6, 6.07) is 4.95. The highest BCUT2D eigenvalue weighted by Crippen LogP contribution is 2.13. The van der Waals surface area contributed by atoms with Crippen molar-refractivity contribution in [2.24, 2.45) is 0 Å². The third kappa shape index (κ3) is 8.00. The number of nitrogens with zero attached hydrogens (tertiary/aromatic N) is 1. The van der Waals surface area contributed by atoms with E-state index in [-0.39, 0.29) is 0 Å². The molecule has 0 fully saturated rings. The van der Waals surface area contributed by atoms with Gasteiger partial charge in [-0.05, 0) is 51.6 Å². The van der Waals surface area contributed by atoms with Gasteiger partial charge in [-0.15, -0.1) is 11.3 Å². The van der Waals surface area contributed by atoms with Crippen LogP contribution in [0.4, 0.5) is 0 Å². The van der Waals surface area contributed by atoms with Gasteiger partial charge in [0.25, 0.3) is 0 Å². The first-order chi connectivity index (χ1) is 9.74. The van der Waals surface area contributed by atoms with Crippen molar-refractivity contribution in [2.75, 3.05) is 32.8 Å². The van der Waals surface area contributed by atoms with Crippen LogP contribution < -0.4 is 5.32 Å². The quantitative estimate of drug-likeness (QED) is 0.599. The minimum Gasteiger partial charge on any atom is -0.382 e. The summed E-state index contributed by atoms with van der Waals surface area (Å²) >= 11 is 1.85. The zero-order chi connectivity index (χ0) is 14.6. The fourth-order valence-corrected chi connectivity index (χ4v) is 2.80. The molecule has 0 spiro atoms. The molecule has 1 heterocycles. The molecule has 0 aliphatic heterocycles. The molecule has 3 nitrogen and oxygen atoms in total. The molecular formula is C16H30N2OS. The highest BCUT2D eigenvalue weighted by Gasteiger charge is 2.09. The smallest absolute Gasteiger partial charge is 0.0466 e. The van der Waals surface area contributed by atoms with Crippen molar-refractivity contribution in [2.45, 2.75) is 46.2 Å². The fraction of sp³-hybridized carbons (Fsp3) is 0.750. The first-order valence-corrected chi connectivity index (χ1v) is 8.67. The van der Waals surface area contributed by atoms with Gasteiger partial charge in [0.1, 0.15) is 0 Å². The molecule has 1 aromatic rings. The number of nitrogens with one attached hydrogen (secondary N) is 1. The molecule has 1 aromatic heterocycles. The van der Waals surface area contributed by atoms with Crippen LogP contribution in [0.3, 0.4) is 0 Å². The normalized spacial score (nSPS) is 11.7. The Morgan fingerprint density at radius 2 is 2.15 bits per heavy atom. The Labute approximate surface area is 128 Å². The van der Waals surface area contributed by atoms with Gasteiger partial charge in [0.05, 0.1) is 0 Å². The van der Waals surface area contributed by atoms with E-state index >= 15 is 0 Å². The molecule has 4 heteroatoms. The minimum absolute atomic E-state index is 0.594. The third-order valence-corrected chi connectivity index (χ3v) is 4.20. The Bertz CT molecular complexity index is 314. The molecule has 0 aromatic carbocycles. The average molecular weight is 298 g/mol. The summed E-state index contributed by atoms with van der Waals surface area (Å²) in [6.07, 6.45) is 2.36. The molecule has 116 valence electrons. The van der Waals surface area contributed by atoms with Crippen LogP contribution in [0.15, 0.2) is 17.5 Å². The molecule has 0 amide bonds. The SMILES string of the molecule is CCOCCCCNCCN(Cc1cccs1)C(C)C. The zero-order valence-electron chi connectivity index (χ0n) is 13.2. The summed E-state index contributed by atoms with van der Waals surface area (Å²) in [5.41, 5.74) is 0. The van der Waals surface area contributed by atoms with Crippen molar-refractivity contribution in [3.05, 3.63) is 22.4 Å². The zero-order valence-corrected chi connectivity index (χ0v) is 14.0. The summed E-state index contributed by atoms with van der Waals surface area (Å²) in [6.45, 7) is 12.7. The monoisotopic (exact) mass is 298 g/mol. The summed E-state index contributed by atoms with van der Waals surface area (Å²) < 4.78 is 5.33. The molecule has 0 unspecified atom stereocenters. The van der Waals surface area contributed by atoms with Gasteiger partial charge < -0.3 is 10.1 Å². The van der Waals surface area contributed by atoms with E-state index in [1.807, 2.05) is 18.3 Å². The van der Waals surface area contributed by atoms with Crippen LogP contribution in [-0.4, -0.2) is 43.8 Å². The topological polar surface area (TPSA) is 24.5 Å². The molecule has 0 radical (unpaired) electrons. The Morgan fingerprint density at radius 3 is 2.80 bits per heavy atom. The Balaban J connectivity index is 2.07. The van der Waals surface area contributed by atoms with Crippen LogP contribution in [0.1, 0.15) is 38.5 Å². The van der Waals surface area contributed by atoms with Crippen LogP contribution in [0.25, 0.3) is 0 Å². The summed E-state index contributed by atoms with van der Waals surface area (Å²) in [5, 5.41) is 5.69. The maximum absolute atomic E-state index is 5.33. The number of hydrogen-bond acceptors (Lipinski definition) is 4. The van der Waals surface area contributed by atoms with Crippen molar-refractivity contribution in [1.82, 2.24) is 10.2 Å². The Morgan fingerprint density at radius 1 is 1.30 bits per heavy atom. The molecule has 0 atom stereocenters. The van der Waals surface area contributed by atoms with Gasteiger partial charge in [0, 0.05) is 43.8 Å². The van der Waals surface area contributed by atoms with E-state index in [9.17, 15) is 0 Å². The molecular weight excluding hydrogens is 268 g/mol. The lowest BCUT2D eigenvalue weighted by atomic mass is 10.3. The van der Waals surface area contributed by atoms with E-state index in [2.05, 4.69) is 41.6 Å². The van der Waals surface area contributed by atoms with Crippen LogP contribution in [0, 0.1) is 0 Å². The summed E-state index contributed by atoms with van der Waals surface area (Å²) in [5.74, 6) is 0. The van der Waals surface area contributed by atoms with Gasteiger partial charge in [0.15, 0.2) is 0 Å². The second kappa shape index (κ2) is 11.3. The second-order valence-corrected chi connectivity index (χ2v) is 6.33. The number of rotatable bonds is 12. The maximum atomic E-state index is 5.33. The van der Waals surface area contributed by atoms with Gasteiger partial charge in [-0.25, -0.2) is 0 Å². The molecule has 0 aliphatic rings. The lowest BCUT2D eigenvalue weighted by Gasteiger charge is -2.26. The Hall–Kier alpha value is -0.420. The lowest BCUT2D eigenvalue weighted by molar-refractivity contribution is 0.143. The van der Waals surface area contributed by atoms with E-state index < -0.39 is 0 Å². The molecule has 0 aliphatic carbocycles. The predicted molar refractivity (Wildman–Crippen MR) is 88.5 cm³/mol. The van der Waals surface area contributed by atoms with E-state index in [1.165, 1.54) is 11.3 Å². The number of hydrogen-bond donors (Lipinski definition) is 1. The van der Waals surface area contributed by atoms with Crippen LogP contribution in [0.2, 0.25) is 0 Å². The number of unbranched alkanes of at least 4 members (excludes halogenated alkanes) is 1. The first kappa shape index (κ1) is 17.6. The van der Waals surface area contributed by atoms with E-state index in [0.29, 0.717) is 6.04 Å². The third-order valence-electron chi connectivity index (χ3n) is 3.34. The van der Waals surface area contributed by atoms with Gasteiger partial charge >= 0.3 is 0 Å². The molecule has 1 N–H and O–H groups in total. The van der Waals surface area contributed by atoms with Crippen molar-refractivity contribution < 1.29 is 4.74 Å². The van der Waals surface area contributed by atoms with E-state index in [0.717, 1.165) is 45.8 Å². The predicted octanol–water partition coefficient (Wildman–Crippen LogP) is 3.36. The number of thiophene rings is 1. The lowest BCUT2D eigenvalue weighted by Crippen LogP contribution is -2.36. The minimum atomic E-state index is 0.594. The first-order valence-electron chi connectivity index (χ1n) is 7.79. The highest BCUT2D eigenvalue weighted by molar-refractivity contribution is 7.09. The number of ether oxygens (including phenoxy) is 1. The Kier molecular flexibility index (Phi) is 9.93. The maximum Gasteiger partial charge on any atom is 0.0466 e. The van der Waals surface area contributed by atoms with Crippen LogP contribution >= 0.6 is 11.3 Å². The van der Waals surface area contributed by atoms with Crippen LogP contribution in [0.5, 0.6) is 0 Å². The largest absolute Gasteiger partial charge is 0.382 e. The molecule has 0 bridgehead atoms. The van der Waals surface area contributed by atoms with Crippen molar-refractivity contribution in [3.63, 3.8) is 0 Å². The van der Waals surface area contributed by atoms with E-state index in [4.69, 9.17) is 4.74 Å². The van der Waals surface area contributed by atoms with Crippen molar-refractivity contribution >= 4 is 11.3 Å². The summed E-state index contributed by atoms with van der Waals surface area (Å²) in [7, 11) is 0. The molecule has 1 rings (SSSR count). The van der Waals surface area contributed by atoms with E-state index in [1.54, 1.807) is 0 Å². The van der Waals surface area contributed by atoms with Crippen LogP contribution in [-0.2, 0) is 11.3 Å². The second-order valence-electron chi connectivity index (χ2n) is 5.30. The van der Waals surface area contributed by atoms with Gasteiger partial charge in [-0.2, -0.15) is 0 Å². The van der Waals surface area contributed by atoms with Crippen molar-refractivity contribution in [1.29, 1.82) is 0 Å². The van der Waals surface area contributed by atoms with Gasteiger partial charge in [0.2, 0.25) is 0 Å². The van der Waals surface area contributed by atoms with Gasteiger partial charge in [-0.1, -0.05) is 6.07 Å². The van der Waals surface area contributed by atoms with Crippen molar-refractivity contribution in [3.8, 4) is 0 Å². The standard InChI is InChI=1S/C16H30N2OS/c1-4-19-12-6-5-9-17-10-11-18(15(2)3)14-16-8-7-13-20-16/h7-8,13,15,17H,4-6,9-12,14H2,1-3H3. The fourth-order valence-electron chi connectivity index (χ4n) is 2.07. The van der Waals surface area contributed by atoms with Gasteiger partial charge in [-0.3, -0.25) is 4.90 Å². The molecule has 0 saturated heterocycles. The average Bonchev–Trinajstić information content (AvgIpc) is 2.93. The molecule has 20 heavy (non-hydrogen) atoms.